The van der Waals surface area contributed by atoms with Gasteiger partial charge in [0, 0.05) is 45.9 Å². The molecular weight excluding hydrogens is 534 g/mol. The number of anilines is 1. The Morgan fingerprint density at radius 1 is 1.24 bits per heavy atom. The van der Waals surface area contributed by atoms with Crippen LogP contribution in [-0.4, -0.2) is 72.1 Å². The quantitative estimate of drug-likeness (QED) is 0.506. The Kier molecular flexibility index (Phi) is 6.02. The molecule has 2 saturated heterocycles. The molecular formula is C26H30ClN3O5S2. The summed E-state index contributed by atoms with van der Waals surface area (Å²) in [5.74, 6) is 0.689. The molecule has 8 nitrogen and oxygen atoms in total. The van der Waals surface area contributed by atoms with Crippen molar-refractivity contribution in [3.63, 3.8) is 0 Å². The molecule has 2 fully saturated rings. The first-order valence-corrected chi connectivity index (χ1v) is 15.0. The Balaban J connectivity index is 1.47. The van der Waals surface area contributed by atoms with E-state index in [0.717, 1.165) is 31.9 Å². The molecule has 1 N–H and O–H groups in total. The fourth-order valence-corrected chi connectivity index (χ4v) is 8.61. The van der Waals surface area contributed by atoms with Crippen molar-refractivity contribution in [2.45, 2.75) is 50.1 Å². The van der Waals surface area contributed by atoms with E-state index in [0.29, 0.717) is 50.1 Å². The molecule has 0 aliphatic carbocycles. The summed E-state index contributed by atoms with van der Waals surface area (Å²) < 4.78 is 40.7. The van der Waals surface area contributed by atoms with Gasteiger partial charge in [0.25, 0.3) is 0 Å². The molecule has 2 aromatic heterocycles. The number of aliphatic hydroxyl groups is 1. The first-order chi connectivity index (χ1) is 17.5. The summed E-state index contributed by atoms with van der Waals surface area (Å²) in [5.41, 5.74) is 3.09. The van der Waals surface area contributed by atoms with Gasteiger partial charge in [0.05, 0.1) is 52.6 Å². The van der Waals surface area contributed by atoms with Gasteiger partial charge in [0.1, 0.15) is 12.4 Å². The minimum Gasteiger partial charge on any atom is -0.489 e. The molecule has 11 heteroatoms. The summed E-state index contributed by atoms with van der Waals surface area (Å²) in [4.78, 5) is 7.64. The maximum absolute atomic E-state index is 13.6. The Morgan fingerprint density at radius 2 is 2.03 bits per heavy atom. The van der Waals surface area contributed by atoms with Gasteiger partial charge in [0.2, 0.25) is 10.0 Å². The zero-order valence-corrected chi connectivity index (χ0v) is 23.4. The van der Waals surface area contributed by atoms with E-state index >= 15 is 0 Å². The maximum Gasteiger partial charge on any atom is 0.219 e. The average molecular weight is 564 g/mol. The smallest absolute Gasteiger partial charge is 0.219 e. The van der Waals surface area contributed by atoms with Crippen LogP contribution in [0, 0.1) is 0 Å². The fourth-order valence-electron chi connectivity index (χ4n) is 5.68. The minimum atomic E-state index is -3.55. The highest BCUT2D eigenvalue weighted by Gasteiger charge is 2.59. The first kappa shape index (κ1) is 25.3. The second kappa shape index (κ2) is 8.79. The van der Waals surface area contributed by atoms with Crippen LogP contribution in [0.15, 0.2) is 30.5 Å². The third-order valence-corrected chi connectivity index (χ3v) is 11.6. The molecule has 0 bridgehead atoms. The number of thiophene rings is 1. The zero-order chi connectivity index (χ0) is 26.2. The van der Waals surface area contributed by atoms with E-state index in [9.17, 15) is 13.5 Å². The molecule has 37 heavy (non-hydrogen) atoms. The summed E-state index contributed by atoms with van der Waals surface area (Å²) >= 11 is 8.09. The number of aliphatic hydroxyl groups excluding tert-OH is 1. The van der Waals surface area contributed by atoms with E-state index in [2.05, 4.69) is 9.88 Å². The van der Waals surface area contributed by atoms with Crippen LogP contribution < -0.4 is 9.64 Å². The Labute approximate surface area is 225 Å². The number of hydrogen-bond donors (Lipinski definition) is 1. The molecule has 3 aromatic rings. The van der Waals surface area contributed by atoms with Crippen molar-refractivity contribution in [3.8, 4) is 16.9 Å². The second-order valence-corrected chi connectivity index (χ2v) is 15.2. The monoisotopic (exact) mass is 563 g/mol. The molecule has 1 unspecified atom stereocenters. The lowest BCUT2D eigenvalue weighted by molar-refractivity contribution is -0.0968. The molecule has 0 saturated carbocycles. The van der Waals surface area contributed by atoms with Gasteiger partial charge in [-0.2, -0.15) is 4.31 Å². The van der Waals surface area contributed by atoms with Crippen molar-refractivity contribution in [1.82, 2.24) is 9.29 Å². The van der Waals surface area contributed by atoms with E-state index in [1.807, 2.05) is 24.3 Å². The van der Waals surface area contributed by atoms with Gasteiger partial charge < -0.3 is 19.5 Å². The van der Waals surface area contributed by atoms with Gasteiger partial charge in [-0.05, 0) is 45.4 Å². The van der Waals surface area contributed by atoms with Crippen molar-refractivity contribution in [1.29, 1.82) is 0 Å². The van der Waals surface area contributed by atoms with Crippen LogP contribution in [0.5, 0.6) is 5.75 Å². The lowest BCUT2D eigenvalue weighted by atomic mass is 9.92. The lowest BCUT2D eigenvalue weighted by Crippen LogP contribution is -2.62. The van der Waals surface area contributed by atoms with Crippen LogP contribution in [0.25, 0.3) is 21.3 Å². The third-order valence-electron chi connectivity index (χ3n) is 7.59. The number of nitrogens with zero attached hydrogens (tertiary/aromatic N) is 3. The van der Waals surface area contributed by atoms with Crippen LogP contribution in [0.1, 0.15) is 32.1 Å². The van der Waals surface area contributed by atoms with Crippen molar-refractivity contribution < 1.29 is 23.0 Å². The molecule has 6 rings (SSSR count). The lowest BCUT2D eigenvalue weighted by Gasteiger charge is -2.46. The van der Waals surface area contributed by atoms with Crippen molar-refractivity contribution >= 4 is 48.9 Å². The molecule has 0 radical (unpaired) electrons. The molecule has 1 spiro atoms. The molecule has 3 aliphatic rings. The van der Waals surface area contributed by atoms with Gasteiger partial charge in [-0.15, -0.1) is 11.3 Å². The fraction of sp³-hybridized carbons (Fsp3) is 0.500. The predicted molar refractivity (Wildman–Crippen MR) is 146 cm³/mol. The van der Waals surface area contributed by atoms with Gasteiger partial charge in [-0.1, -0.05) is 11.6 Å². The normalized spacial score (nSPS) is 21.8. The van der Waals surface area contributed by atoms with Gasteiger partial charge in [0.15, 0.2) is 0 Å². The minimum absolute atomic E-state index is 0.0442. The number of hydrogen-bond acceptors (Lipinski definition) is 8. The van der Waals surface area contributed by atoms with E-state index < -0.39 is 20.3 Å². The molecule has 1 aromatic carbocycles. The maximum atomic E-state index is 13.6. The van der Waals surface area contributed by atoms with Crippen molar-refractivity contribution in [3.05, 3.63) is 40.4 Å². The Morgan fingerprint density at radius 3 is 2.70 bits per heavy atom. The van der Waals surface area contributed by atoms with E-state index in [4.69, 9.17) is 21.1 Å². The number of sulfonamides is 1. The predicted octanol–water partition coefficient (Wildman–Crippen LogP) is 4.28. The van der Waals surface area contributed by atoms with Gasteiger partial charge in [-0.25, -0.2) is 8.42 Å². The van der Waals surface area contributed by atoms with Gasteiger partial charge in [-0.3, -0.25) is 4.98 Å². The average Bonchev–Trinajstić information content (AvgIpc) is 3.44. The largest absolute Gasteiger partial charge is 0.489 e. The molecule has 198 valence electrons. The molecule has 1 atom stereocenters. The highest BCUT2D eigenvalue weighted by molar-refractivity contribution is 7.90. The van der Waals surface area contributed by atoms with E-state index in [1.54, 1.807) is 31.3 Å². The summed E-state index contributed by atoms with van der Waals surface area (Å²) in [6.07, 6.45) is 2.45. The summed E-state index contributed by atoms with van der Waals surface area (Å²) in [5, 5.41) is 10.3. The first-order valence-electron chi connectivity index (χ1n) is 12.4. The SMILES string of the molecule is CC(C)(C)S(=O)(=O)N1CC(N2CCOc3cc(Cl)cc(-c4ccnc5cc(CO)sc45)c32)CC12COC2. The standard InChI is InChI=1S/C26H30ClN3O5S2/c1-25(2,3)37(32,33)30-12-17(11-26(30)14-34-15-26)29-6-7-35-22-9-16(27)8-20(23(22)29)19-4-5-28-21-10-18(13-31)36-24(19)21/h4-5,8-10,17,31H,6-7,11-15H2,1-3H3. The number of halogens is 1. The zero-order valence-electron chi connectivity index (χ0n) is 21.0. The summed E-state index contributed by atoms with van der Waals surface area (Å²) in [6.45, 7) is 7.54. The van der Waals surface area contributed by atoms with E-state index in [1.165, 1.54) is 11.3 Å². The Hall–Kier alpha value is -1.95. The molecule has 3 aliphatic heterocycles. The van der Waals surface area contributed by atoms with Crippen LogP contribution in [0.3, 0.4) is 0 Å². The number of aromatic nitrogens is 1. The highest BCUT2D eigenvalue weighted by Crippen LogP contribution is 2.50. The van der Waals surface area contributed by atoms with Crippen LogP contribution in [0.2, 0.25) is 5.02 Å². The number of benzene rings is 1. The third kappa shape index (κ3) is 3.95. The molecule has 0 amide bonds. The van der Waals surface area contributed by atoms with Gasteiger partial charge >= 0.3 is 0 Å². The van der Waals surface area contributed by atoms with Crippen molar-refractivity contribution in [2.75, 3.05) is 37.8 Å². The number of ether oxygens (including phenoxy) is 2. The van der Waals surface area contributed by atoms with Crippen LogP contribution in [0.4, 0.5) is 5.69 Å². The van der Waals surface area contributed by atoms with E-state index in [-0.39, 0.29) is 12.6 Å². The highest BCUT2D eigenvalue weighted by atomic mass is 35.5. The summed E-state index contributed by atoms with van der Waals surface area (Å²) in [6, 6.07) is 7.60. The van der Waals surface area contributed by atoms with Crippen LogP contribution in [-0.2, 0) is 21.4 Å². The Bertz CT molecular complexity index is 1480. The molecule has 5 heterocycles. The van der Waals surface area contributed by atoms with Crippen molar-refractivity contribution in [2.24, 2.45) is 0 Å². The number of fused-ring (bicyclic) bond motifs is 2. The topological polar surface area (TPSA) is 92.2 Å². The second-order valence-electron chi connectivity index (χ2n) is 11.0. The number of pyridine rings is 1. The number of rotatable bonds is 4. The summed E-state index contributed by atoms with van der Waals surface area (Å²) in [7, 11) is -3.55. The van der Waals surface area contributed by atoms with Crippen LogP contribution >= 0.6 is 22.9 Å².